The summed E-state index contributed by atoms with van der Waals surface area (Å²) >= 11 is 0. The van der Waals surface area contributed by atoms with Gasteiger partial charge in [0.05, 0.1) is 49.1 Å². The van der Waals surface area contributed by atoms with Gasteiger partial charge in [-0.2, -0.15) is 0 Å². The standard InChI is InChI=1S/C23H22O8/c24-20-10-3-1-8-6-28-18-12(14(8)16(10)22(26)30-20)5-13-15-9(7-29-19(13)18)2-4-11-17(15)23(27)31-21(11)25/h1-2,10-19H,3-7H2/t10-,11+,12+,13-,14-,15+,16-,17+,18-,19+. The van der Waals surface area contributed by atoms with Gasteiger partial charge >= 0.3 is 23.9 Å². The van der Waals surface area contributed by atoms with Gasteiger partial charge in [0.25, 0.3) is 0 Å². The number of cyclic esters (lactones) is 4. The van der Waals surface area contributed by atoms with E-state index < -0.39 is 47.5 Å². The molecular weight excluding hydrogens is 404 g/mol. The largest absolute Gasteiger partial charge is 0.393 e. The number of rotatable bonds is 0. The maximum Gasteiger partial charge on any atom is 0.318 e. The van der Waals surface area contributed by atoms with E-state index in [9.17, 15) is 19.2 Å². The average Bonchev–Trinajstić information content (AvgIpc) is 3.38. The number of carbonyl (C=O) groups is 4. The molecule has 0 unspecified atom stereocenters. The summed E-state index contributed by atoms with van der Waals surface area (Å²) in [7, 11) is 0. The Morgan fingerprint density at radius 2 is 1.06 bits per heavy atom. The summed E-state index contributed by atoms with van der Waals surface area (Å²) in [6, 6.07) is 0. The normalized spacial score (nSPS) is 49.5. The van der Waals surface area contributed by atoms with Gasteiger partial charge in [-0.1, -0.05) is 12.2 Å². The summed E-state index contributed by atoms with van der Waals surface area (Å²) in [4.78, 5) is 49.6. The number of fused-ring (bicyclic) bond motifs is 11. The first-order chi connectivity index (χ1) is 15.0. The molecule has 4 saturated heterocycles. The van der Waals surface area contributed by atoms with Crippen LogP contribution in [0.4, 0.5) is 0 Å². The Hall–Kier alpha value is -2.32. The molecule has 0 N–H and O–H groups in total. The molecule has 0 amide bonds. The highest BCUT2D eigenvalue weighted by Crippen LogP contribution is 2.59. The zero-order valence-corrected chi connectivity index (χ0v) is 16.7. The monoisotopic (exact) mass is 426 g/mol. The van der Waals surface area contributed by atoms with Crippen LogP contribution in [0.15, 0.2) is 23.3 Å². The van der Waals surface area contributed by atoms with Gasteiger partial charge in [0.2, 0.25) is 0 Å². The van der Waals surface area contributed by atoms with Gasteiger partial charge in [-0.15, -0.1) is 0 Å². The fourth-order valence-electron chi connectivity index (χ4n) is 7.66. The van der Waals surface area contributed by atoms with Crippen molar-refractivity contribution in [2.75, 3.05) is 13.2 Å². The quantitative estimate of drug-likeness (QED) is 0.320. The molecule has 5 fully saturated rings. The third-order valence-corrected chi connectivity index (χ3v) is 8.84. The van der Waals surface area contributed by atoms with Crippen LogP contribution in [0.5, 0.6) is 0 Å². The van der Waals surface area contributed by atoms with E-state index in [2.05, 4.69) is 0 Å². The highest BCUT2D eigenvalue weighted by molar-refractivity contribution is 5.98. The van der Waals surface area contributed by atoms with Crippen molar-refractivity contribution >= 4 is 23.9 Å². The van der Waals surface area contributed by atoms with Crippen molar-refractivity contribution < 1.29 is 38.1 Å². The third kappa shape index (κ3) is 2.27. The number of ether oxygens (including phenoxy) is 4. The summed E-state index contributed by atoms with van der Waals surface area (Å²) < 4.78 is 22.5. The molecular formula is C23H22O8. The summed E-state index contributed by atoms with van der Waals surface area (Å²) in [6.07, 6.45) is 5.42. The topological polar surface area (TPSA) is 105 Å². The van der Waals surface area contributed by atoms with E-state index in [0.717, 1.165) is 11.1 Å². The summed E-state index contributed by atoms with van der Waals surface area (Å²) in [5.74, 6) is -3.64. The highest BCUT2D eigenvalue weighted by atomic mass is 16.6. The van der Waals surface area contributed by atoms with Crippen LogP contribution in [0.2, 0.25) is 0 Å². The van der Waals surface area contributed by atoms with Crippen molar-refractivity contribution in [3.8, 4) is 0 Å². The summed E-state index contributed by atoms with van der Waals surface area (Å²) in [6.45, 7) is 0.839. The molecule has 3 aliphatic carbocycles. The van der Waals surface area contributed by atoms with E-state index in [0.29, 0.717) is 32.5 Å². The third-order valence-electron chi connectivity index (χ3n) is 8.84. The number of esters is 4. The predicted octanol–water partition coefficient (Wildman–Crippen LogP) is 0.944. The smallest absolute Gasteiger partial charge is 0.318 e. The zero-order chi connectivity index (χ0) is 21.0. The Morgan fingerprint density at radius 3 is 1.52 bits per heavy atom. The van der Waals surface area contributed by atoms with E-state index >= 15 is 0 Å². The minimum absolute atomic E-state index is 0.00843. The second-order valence-corrected chi connectivity index (χ2v) is 9.94. The lowest BCUT2D eigenvalue weighted by Crippen LogP contribution is -2.49. The Morgan fingerprint density at radius 1 is 0.613 bits per heavy atom. The molecule has 8 heteroatoms. The zero-order valence-electron chi connectivity index (χ0n) is 16.7. The molecule has 0 aromatic rings. The molecule has 0 radical (unpaired) electrons. The number of carbonyl (C=O) groups excluding carboxylic acids is 4. The second-order valence-electron chi connectivity index (χ2n) is 9.94. The summed E-state index contributed by atoms with van der Waals surface area (Å²) in [5.41, 5.74) is 2.14. The Balaban J connectivity index is 1.26. The van der Waals surface area contributed by atoms with E-state index in [1.54, 1.807) is 0 Å². The summed E-state index contributed by atoms with van der Waals surface area (Å²) in [5, 5.41) is 0. The van der Waals surface area contributed by atoms with Crippen molar-refractivity contribution in [2.24, 2.45) is 47.3 Å². The highest BCUT2D eigenvalue weighted by Gasteiger charge is 2.64. The molecule has 31 heavy (non-hydrogen) atoms. The van der Waals surface area contributed by atoms with Crippen LogP contribution in [0.3, 0.4) is 0 Å². The van der Waals surface area contributed by atoms with Gasteiger partial charge in [-0.3, -0.25) is 19.2 Å². The first-order valence-corrected chi connectivity index (χ1v) is 11.1. The molecule has 0 aromatic heterocycles. The van der Waals surface area contributed by atoms with Crippen molar-refractivity contribution in [3.05, 3.63) is 23.3 Å². The lowest BCUT2D eigenvalue weighted by Gasteiger charge is -2.44. The second kappa shape index (κ2) is 6.13. The maximum absolute atomic E-state index is 12.6. The van der Waals surface area contributed by atoms with Gasteiger partial charge < -0.3 is 18.9 Å². The van der Waals surface area contributed by atoms with Crippen LogP contribution in [-0.4, -0.2) is 49.3 Å². The lowest BCUT2D eigenvalue weighted by atomic mass is 9.64. The first-order valence-electron chi connectivity index (χ1n) is 11.1. The minimum atomic E-state index is -0.462. The Labute approximate surface area is 177 Å². The number of hydrogen-bond donors (Lipinski definition) is 0. The lowest BCUT2D eigenvalue weighted by molar-refractivity contribution is -0.157. The molecule has 7 aliphatic rings. The average molecular weight is 426 g/mol. The van der Waals surface area contributed by atoms with Crippen LogP contribution < -0.4 is 0 Å². The molecule has 0 spiro atoms. The fraction of sp³-hybridized carbons (Fsp3) is 0.652. The van der Waals surface area contributed by atoms with Crippen LogP contribution in [0, 0.1) is 47.3 Å². The van der Waals surface area contributed by atoms with Crippen LogP contribution >= 0.6 is 0 Å². The van der Waals surface area contributed by atoms with Crippen LogP contribution in [0.25, 0.3) is 0 Å². The molecule has 4 heterocycles. The van der Waals surface area contributed by atoms with Crippen LogP contribution in [-0.2, 0) is 38.1 Å². The van der Waals surface area contributed by atoms with Gasteiger partial charge in [-0.25, -0.2) is 0 Å². The van der Waals surface area contributed by atoms with Gasteiger partial charge in [0.1, 0.15) is 0 Å². The van der Waals surface area contributed by atoms with E-state index in [4.69, 9.17) is 18.9 Å². The number of allylic oxidation sites excluding steroid dienone is 2. The van der Waals surface area contributed by atoms with E-state index in [-0.39, 0.29) is 35.9 Å². The van der Waals surface area contributed by atoms with Gasteiger partial charge in [0, 0.05) is 11.8 Å². The molecule has 7 rings (SSSR count). The predicted molar refractivity (Wildman–Crippen MR) is 99.6 cm³/mol. The first kappa shape index (κ1) is 18.3. The molecule has 4 aliphatic heterocycles. The Bertz CT molecular complexity index is 916. The van der Waals surface area contributed by atoms with Crippen molar-refractivity contribution in [2.45, 2.75) is 31.5 Å². The van der Waals surface area contributed by atoms with Crippen LogP contribution in [0.1, 0.15) is 19.3 Å². The van der Waals surface area contributed by atoms with E-state index in [1.165, 1.54) is 0 Å². The van der Waals surface area contributed by atoms with E-state index in [1.807, 2.05) is 12.2 Å². The molecule has 1 saturated carbocycles. The molecule has 162 valence electrons. The van der Waals surface area contributed by atoms with Crippen molar-refractivity contribution in [3.63, 3.8) is 0 Å². The van der Waals surface area contributed by atoms with Gasteiger partial charge in [-0.05, 0) is 42.2 Å². The maximum atomic E-state index is 12.6. The minimum Gasteiger partial charge on any atom is -0.393 e. The fourth-order valence-corrected chi connectivity index (χ4v) is 7.66. The Kier molecular flexibility index (Phi) is 3.61. The molecule has 0 aromatic carbocycles. The SMILES string of the molecule is O=C1OC(=O)[C@H]2CC=C3CO[C@H]4[C@H](C[C@@H]5[C@H]4OCC4=CC[C@H]6C(=O)OC(=O)[C@H]6[C@H]45)[C@H]3[C@@H]12. The van der Waals surface area contributed by atoms with Crippen molar-refractivity contribution in [1.29, 1.82) is 0 Å². The van der Waals surface area contributed by atoms with Crippen molar-refractivity contribution in [1.82, 2.24) is 0 Å². The molecule has 8 nitrogen and oxygen atoms in total. The molecule has 10 atom stereocenters. The molecule has 0 bridgehead atoms. The van der Waals surface area contributed by atoms with Gasteiger partial charge in [0.15, 0.2) is 0 Å². The number of hydrogen-bond acceptors (Lipinski definition) is 8.